The van der Waals surface area contributed by atoms with Gasteiger partial charge in [-0.1, -0.05) is 26.7 Å². The van der Waals surface area contributed by atoms with Gasteiger partial charge in [-0.15, -0.1) is 0 Å². The van der Waals surface area contributed by atoms with E-state index in [1.807, 2.05) is 0 Å². The van der Waals surface area contributed by atoms with Crippen molar-refractivity contribution in [1.82, 2.24) is 5.32 Å². The molecule has 0 aromatic carbocycles. The first kappa shape index (κ1) is 17.7. The Morgan fingerprint density at radius 1 is 1.44 bits per heavy atom. The van der Waals surface area contributed by atoms with Gasteiger partial charge < -0.3 is 10.3 Å². The number of rotatable bonds is 7. The van der Waals surface area contributed by atoms with Crippen molar-refractivity contribution >= 4 is 20.6 Å². The number of nitrogens with one attached hydrogen (secondary N) is 1. The van der Waals surface area contributed by atoms with Crippen molar-refractivity contribution in [3.05, 3.63) is 0 Å². The molecule has 1 unspecified atom stereocenters. The second-order valence-electron chi connectivity index (χ2n) is 3.16. The molecule has 0 aliphatic heterocycles. The largest absolute Gasteiger partial charge is 0.360 e. The molecule has 1 atom stereocenters. The van der Waals surface area contributed by atoms with Gasteiger partial charge in [0.2, 0.25) is 6.41 Å². The molecule has 0 aromatic heterocycles. The van der Waals surface area contributed by atoms with Crippen molar-refractivity contribution in [2.75, 3.05) is 19.4 Å². The first-order chi connectivity index (χ1) is 7.58. The molecule has 0 heterocycles. The Balaban J connectivity index is 0. The Kier molecular flexibility index (Phi) is 15.9. The third-order valence-corrected chi connectivity index (χ3v) is 3.25. The Morgan fingerprint density at radius 2 is 2.06 bits per heavy atom. The van der Waals surface area contributed by atoms with E-state index in [1.54, 1.807) is 5.32 Å². The van der Waals surface area contributed by atoms with Gasteiger partial charge in [-0.3, -0.25) is 10.1 Å². The van der Waals surface area contributed by atoms with Crippen molar-refractivity contribution < 1.29 is 14.1 Å². The minimum atomic E-state index is -0.829. The molecule has 0 saturated carbocycles. The van der Waals surface area contributed by atoms with Crippen LogP contribution in [0.4, 0.5) is 4.79 Å². The Labute approximate surface area is 98.9 Å². The molecule has 0 spiro atoms. The fraction of sp³-hybridized carbons (Fsp3) is 0.800. The van der Waals surface area contributed by atoms with Crippen molar-refractivity contribution in [1.29, 1.82) is 0 Å². The predicted octanol–water partition coefficient (Wildman–Crippen LogP) is 2.05. The number of imide groups is 1. The summed E-state index contributed by atoms with van der Waals surface area (Å²) in [5.41, 5.74) is 4.42. The van der Waals surface area contributed by atoms with Gasteiger partial charge in [-0.05, 0) is 19.2 Å². The topological polar surface area (TPSA) is 81.4 Å². The summed E-state index contributed by atoms with van der Waals surface area (Å²) in [7, 11) is -0.0923. The highest BCUT2D eigenvalue weighted by molar-refractivity contribution is 7.51. The fourth-order valence-electron chi connectivity index (χ4n) is 0.802. The van der Waals surface area contributed by atoms with Crippen LogP contribution in [0.25, 0.3) is 0 Å². The van der Waals surface area contributed by atoms with Crippen molar-refractivity contribution in [2.45, 2.75) is 33.1 Å². The van der Waals surface area contributed by atoms with E-state index in [0.717, 1.165) is 6.61 Å². The van der Waals surface area contributed by atoms with Gasteiger partial charge in [0.25, 0.3) is 0 Å². The monoisotopic (exact) mass is 250 g/mol. The number of urea groups is 1. The summed E-state index contributed by atoms with van der Waals surface area (Å²) >= 11 is 0. The van der Waals surface area contributed by atoms with Crippen LogP contribution in [0.5, 0.6) is 0 Å². The van der Waals surface area contributed by atoms with Gasteiger partial charge in [-0.25, -0.2) is 4.79 Å². The van der Waals surface area contributed by atoms with Crippen molar-refractivity contribution in [3.63, 3.8) is 0 Å². The van der Waals surface area contributed by atoms with Crippen LogP contribution in [0, 0.1) is 0 Å². The van der Waals surface area contributed by atoms with Crippen LogP contribution in [0.2, 0.25) is 0 Å². The predicted molar refractivity (Wildman–Crippen MR) is 67.6 cm³/mol. The van der Waals surface area contributed by atoms with Crippen LogP contribution < -0.4 is 11.1 Å². The zero-order valence-electron chi connectivity index (χ0n) is 10.4. The number of amides is 3. The standard InChI is InChI=1S/C8H19OP.C2H4N2O2/c1-4-6-7-9-10(3)8-5-2;3-2(6)4-1-5/h4-8H2,1-3H3;1H,(H3,3,4,5,6). The lowest BCUT2D eigenvalue weighted by Gasteiger charge is -2.10. The molecule has 5 nitrogen and oxygen atoms in total. The van der Waals surface area contributed by atoms with E-state index in [-0.39, 0.29) is 14.6 Å². The Morgan fingerprint density at radius 3 is 2.38 bits per heavy atom. The molecule has 6 heteroatoms. The quantitative estimate of drug-likeness (QED) is 0.412. The number of primary amides is 1. The molecule has 0 saturated heterocycles. The van der Waals surface area contributed by atoms with E-state index < -0.39 is 6.03 Å². The van der Waals surface area contributed by atoms with Gasteiger partial charge in [0.05, 0.1) is 6.61 Å². The maximum absolute atomic E-state index is 9.48. The molecular formula is C10H23N2O3P. The van der Waals surface area contributed by atoms with Crippen LogP contribution in [0.15, 0.2) is 0 Å². The summed E-state index contributed by atoms with van der Waals surface area (Å²) in [4.78, 5) is 18.7. The first-order valence-electron chi connectivity index (χ1n) is 5.42. The van der Waals surface area contributed by atoms with Crippen molar-refractivity contribution in [3.8, 4) is 0 Å². The maximum atomic E-state index is 9.48. The van der Waals surface area contributed by atoms with Crippen LogP contribution >= 0.6 is 8.15 Å². The number of carbonyl (C=O) groups is 2. The molecule has 0 fully saturated rings. The lowest BCUT2D eigenvalue weighted by atomic mass is 10.4. The molecule has 0 aliphatic carbocycles. The lowest BCUT2D eigenvalue weighted by molar-refractivity contribution is -0.108. The minimum Gasteiger partial charge on any atom is -0.360 e. The molecule has 3 N–H and O–H groups in total. The zero-order chi connectivity index (χ0) is 12.8. The SMILES string of the molecule is CCCCOP(C)CCC.NC(=O)NC=O. The van der Waals surface area contributed by atoms with Gasteiger partial charge >= 0.3 is 6.03 Å². The third-order valence-electron chi connectivity index (χ3n) is 1.55. The third kappa shape index (κ3) is 19.0. The van der Waals surface area contributed by atoms with Gasteiger partial charge in [0, 0.05) is 8.15 Å². The molecule has 0 rings (SSSR count). The van der Waals surface area contributed by atoms with Gasteiger partial charge in [-0.2, -0.15) is 0 Å². The maximum Gasteiger partial charge on any atom is 0.318 e. The number of hydrogen-bond acceptors (Lipinski definition) is 3. The first-order valence-corrected chi connectivity index (χ1v) is 7.31. The molecule has 0 aromatic rings. The van der Waals surface area contributed by atoms with Crippen LogP contribution in [0.3, 0.4) is 0 Å². The highest BCUT2D eigenvalue weighted by atomic mass is 31.1. The normalized spacial score (nSPS) is 10.9. The lowest BCUT2D eigenvalue weighted by Crippen LogP contribution is -2.27. The van der Waals surface area contributed by atoms with E-state index in [2.05, 4.69) is 26.2 Å². The second kappa shape index (κ2) is 14.3. The Hall–Kier alpha value is -0.670. The highest BCUT2D eigenvalue weighted by Gasteiger charge is 1.97. The van der Waals surface area contributed by atoms with E-state index in [9.17, 15) is 9.59 Å². The van der Waals surface area contributed by atoms with E-state index in [1.165, 1.54) is 25.4 Å². The highest BCUT2D eigenvalue weighted by Crippen LogP contribution is 2.32. The van der Waals surface area contributed by atoms with Crippen LogP contribution in [-0.4, -0.2) is 31.9 Å². The molecule has 0 aliphatic rings. The molecule has 0 radical (unpaired) electrons. The summed E-state index contributed by atoms with van der Waals surface area (Å²) in [6, 6.07) is -0.829. The smallest absolute Gasteiger partial charge is 0.318 e. The van der Waals surface area contributed by atoms with Crippen molar-refractivity contribution in [2.24, 2.45) is 5.73 Å². The number of unbranched alkanes of at least 4 members (excludes halogenated alkanes) is 1. The fourth-order valence-corrected chi connectivity index (χ4v) is 2.00. The number of hydrogen-bond donors (Lipinski definition) is 2. The van der Waals surface area contributed by atoms with Gasteiger partial charge in [0.15, 0.2) is 0 Å². The van der Waals surface area contributed by atoms with Crippen LogP contribution in [0.1, 0.15) is 33.1 Å². The van der Waals surface area contributed by atoms with Gasteiger partial charge in [0.1, 0.15) is 0 Å². The summed E-state index contributed by atoms with van der Waals surface area (Å²) in [5, 5.41) is 1.67. The summed E-state index contributed by atoms with van der Waals surface area (Å²) < 4.78 is 5.59. The molecule has 16 heavy (non-hydrogen) atoms. The Bertz CT molecular complexity index is 179. The second-order valence-corrected chi connectivity index (χ2v) is 5.13. The summed E-state index contributed by atoms with van der Waals surface area (Å²) in [6.45, 7) is 7.59. The molecule has 96 valence electrons. The average Bonchev–Trinajstić information content (AvgIpc) is 2.19. The molecule has 3 amide bonds. The number of carbonyl (C=O) groups excluding carboxylic acids is 2. The minimum absolute atomic E-state index is 0.0923. The van der Waals surface area contributed by atoms with E-state index in [0.29, 0.717) is 0 Å². The summed E-state index contributed by atoms with van der Waals surface area (Å²) in [5.74, 6) is 0. The summed E-state index contributed by atoms with van der Waals surface area (Å²) in [6.07, 6.45) is 5.21. The molecular weight excluding hydrogens is 227 g/mol. The number of nitrogens with two attached hydrogens (primary N) is 1. The van der Waals surface area contributed by atoms with E-state index in [4.69, 9.17) is 4.52 Å². The zero-order valence-corrected chi connectivity index (χ0v) is 11.3. The molecule has 0 bridgehead atoms. The van der Waals surface area contributed by atoms with Crippen LogP contribution in [-0.2, 0) is 9.32 Å². The average molecular weight is 250 g/mol. The van der Waals surface area contributed by atoms with E-state index >= 15 is 0 Å².